The molecule has 0 bridgehead atoms. The van der Waals surface area contributed by atoms with Crippen molar-refractivity contribution in [1.29, 1.82) is 0 Å². The summed E-state index contributed by atoms with van der Waals surface area (Å²) in [6.45, 7) is 4.07. The van der Waals surface area contributed by atoms with Gasteiger partial charge in [0.15, 0.2) is 22.6 Å². The molecule has 0 radical (unpaired) electrons. The maximum Gasteiger partial charge on any atom is 0.408 e. The van der Waals surface area contributed by atoms with Crippen LogP contribution in [0.3, 0.4) is 0 Å². The summed E-state index contributed by atoms with van der Waals surface area (Å²) in [5.74, 6) is 3.36. The third kappa shape index (κ3) is 10.1. The number of halogens is 1. The fourth-order valence-electron chi connectivity index (χ4n) is 9.44. The third-order valence-corrected chi connectivity index (χ3v) is 12.9. The minimum Gasteiger partial charge on any atom is -0.497 e. The van der Waals surface area contributed by atoms with Gasteiger partial charge in [-0.15, -0.1) is 6.42 Å². The Morgan fingerprint density at radius 3 is 1.72 bits per heavy atom. The van der Waals surface area contributed by atoms with Gasteiger partial charge < -0.3 is 39.1 Å². The molecular formula is C59H55FN6O8. The largest absolute Gasteiger partial charge is 0.497 e. The summed E-state index contributed by atoms with van der Waals surface area (Å²) in [4.78, 5) is 39.6. The van der Waals surface area contributed by atoms with Crippen LogP contribution in [0.15, 0.2) is 176 Å². The Hall–Kier alpha value is -8.58. The van der Waals surface area contributed by atoms with Crippen molar-refractivity contribution in [1.82, 2.24) is 24.8 Å². The van der Waals surface area contributed by atoms with Crippen molar-refractivity contribution in [3.63, 3.8) is 0 Å². The number of anilines is 1. The molecule has 1 aliphatic heterocycles. The fraction of sp³-hybridized carbons (Fsp3) is 0.237. The van der Waals surface area contributed by atoms with Gasteiger partial charge >= 0.3 is 18.1 Å². The molecular weight excluding hydrogens is 940 g/mol. The molecule has 74 heavy (non-hydrogen) atoms. The molecule has 376 valence electrons. The van der Waals surface area contributed by atoms with Crippen LogP contribution in [0.2, 0.25) is 0 Å². The van der Waals surface area contributed by atoms with Crippen molar-refractivity contribution in [2.45, 2.75) is 61.9 Å². The monoisotopic (exact) mass is 994 g/mol. The summed E-state index contributed by atoms with van der Waals surface area (Å²) >= 11 is 0. The fourth-order valence-corrected chi connectivity index (χ4v) is 9.44. The standard InChI is InChI=1S/C59H55FN6O8/c1-7-57(38-71-50(67)37-61-55(68)74-56(2,3)4)48(72-59(43-24-16-10-17-25-43,44-26-18-11-19-27-44)45-30-34-47(70-6)35-31-45)36-49(73-57)66-39-62-51-52(63-54(60)64-53(51)66)65-58(40-20-12-8-13-21-40,41-22-14-9-15-23-41)42-28-32-46(69-5)33-29-42/h1,8-35,39,48-49H,36-38H2,2-6H3,(H,61,68)(H,63,64,65)/t48-,49+,57+/m0/s1. The predicted octanol–water partition coefficient (Wildman–Crippen LogP) is 10.1. The molecule has 9 rings (SSSR count). The number of nitrogens with one attached hydrogen (secondary N) is 2. The molecule has 1 saturated heterocycles. The van der Waals surface area contributed by atoms with Gasteiger partial charge in [0.05, 0.1) is 20.5 Å². The minimum absolute atomic E-state index is 0.0130. The third-order valence-electron chi connectivity index (χ3n) is 12.9. The first-order valence-electron chi connectivity index (χ1n) is 24.0. The Morgan fingerprint density at radius 2 is 1.22 bits per heavy atom. The van der Waals surface area contributed by atoms with E-state index in [9.17, 15) is 9.59 Å². The van der Waals surface area contributed by atoms with Gasteiger partial charge in [-0.1, -0.05) is 152 Å². The van der Waals surface area contributed by atoms with Crippen LogP contribution in [0.4, 0.5) is 15.0 Å². The first-order chi connectivity index (χ1) is 35.8. The summed E-state index contributed by atoms with van der Waals surface area (Å²) in [7, 11) is 3.19. The van der Waals surface area contributed by atoms with E-state index in [1.54, 1.807) is 39.6 Å². The van der Waals surface area contributed by atoms with Crippen LogP contribution >= 0.6 is 0 Å². The minimum atomic E-state index is -1.82. The molecule has 3 heterocycles. The number of esters is 1. The van der Waals surface area contributed by atoms with E-state index in [0.29, 0.717) is 11.5 Å². The van der Waals surface area contributed by atoms with E-state index in [2.05, 4.69) is 26.5 Å². The highest BCUT2D eigenvalue weighted by atomic mass is 19.1. The number of aromatic nitrogens is 4. The zero-order chi connectivity index (χ0) is 51.9. The SMILES string of the molecule is C#C[C@]1(COC(=O)CNC(=O)OC(C)(C)C)O[C@@H](n2cnc3c(NC(c4ccccc4)(c4ccccc4)c4ccc(OC)cc4)nc(F)nc32)C[C@@H]1OC(c1ccccc1)(c1ccccc1)c1ccc(OC)cc1. The Balaban J connectivity index is 1.16. The van der Waals surface area contributed by atoms with E-state index in [-0.39, 0.29) is 23.4 Å². The molecule has 0 saturated carbocycles. The number of ether oxygens (including phenoxy) is 6. The smallest absolute Gasteiger partial charge is 0.408 e. The number of carbonyl (C=O) groups excluding carboxylic acids is 2. The molecule has 14 nitrogen and oxygen atoms in total. The Morgan fingerprint density at radius 1 is 0.730 bits per heavy atom. The highest BCUT2D eigenvalue weighted by molar-refractivity contribution is 5.84. The van der Waals surface area contributed by atoms with E-state index in [0.717, 1.165) is 33.4 Å². The van der Waals surface area contributed by atoms with Gasteiger partial charge in [-0.25, -0.2) is 9.78 Å². The normalized spacial score (nSPS) is 16.7. The average Bonchev–Trinajstić information content (AvgIpc) is 4.02. The zero-order valence-electron chi connectivity index (χ0n) is 41.5. The van der Waals surface area contributed by atoms with E-state index in [4.69, 9.17) is 39.8 Å². The molecule has 1 amide bonds. The molecule has 0 aliphatic carbocycles. The van der Waals surface area contributed by atoms with Gasteiger partial charge in [-0.05, 0) is 78.4 Å². The Kier molecular flexibility index (Phi) is 14.5. The molecule has 6 aromatic carbocycles. The number of methoxy groups -OCH3 is 2. The zero-order valence-corrected chi connectivity index (χ0v) is 41.5. The van der Waals surface area contributed by atoms with Crippen molar-refractivity contribution >= 4 is 29.0 Å². The van der Waals surface area contributed by atoms with Gasteiger partial charge in [-0.3, -0.25) is 9.36 Å². The molecule has 8 aromatic rings. The first kappa shape index (κ1) is 50.4. The second kappa shape index (κ2) is 21.3. The first-order valence-corrected chi connectivity index (χ1v) is 24.0. The molecule has 0 spiro atoms. The van der Waals surface area contributed by atoms with Crippen LogP contribution in [0, 0.1) is 18.4 Å². The second-order valence-electron chi connectivity index (χ2n) is 18.6. The van der Waals surface area contributed by atoms with E-state index >= 15 is 4.39 Å². The summed E-state index contributed by atoms with van der Waals surface area (Å²) in [6, 6.07) is 54.0. The average molecular weight is 995 g/mol. The Labute approximate surface area is 428 Å². The molecule has 2 aromatic heterocycles. The summed E-state index contributed by atoms with van der Waals surface area (Å²) in [5.41, 5.74) is -0.182. The molecule has 3 atom stereocenters. The quantitative estimate of drug-likeness (QED) is 0.0386. The number of hydrogen-bond acceptors (Lipinski definition) is 12. The van der Waals surface area contributed by atoms with Crippen LogP contribution in [-0.2, 0) is 34.9 Å². The molecule has 2 N–H and O–H groups in total. The topological polar surface area (TPSA) is 157 Å². The predicted molar refractivity (Wildman–Crippen MR) is 277 cm³/mol. The molecule has 15 heteroatoms. The number of nitrogens with zero attached hydrogens (tertiary/aromatic N) is 4. The van der Waals surface area contributed by atoms with Crippen LogP contribution < -0.4 is 20.1 Å². The number of benzene rings is 6. The molecule has 1 fully saturated rings. The maximum absolute atomic E-state index is 16.4. The van der Waals surface area contributed by atoms with Crippen LogP contribution in [0.5, 0.6) is 11.5 Å². The number of imidazole rings is 1. The number of hydrogen-bond donors (Lipinski definition) is 2. The summed E-state index contributed by atoms with van der Waals surface area (Å²) in [5, 5.41) is 6.09. The van der Waals surface area contributed by atoms with Crippen LogP contribution in [-0.4, -0.2) is 76.3 Å². The number of fused-ring (bicyclic) bond motifs is 1. The highest BCUT2D eigenvalue weighted by Gasteiger charge is 2.55. The number of carbonyl (C=O) groups is 2. The summed E-state index contributed by atoms with van der Waals surface area (Å²) in [6.07, 6.45) is 4.09. The lowest BCUT2D eigenvalue weighted by Gasteiger charge is -2.41. The van der Waals surface area contributed by atoms with Crippen molar-refractivity contribution < 1.29 is 42.4 Å². The highest BCUT2D eigenvalue weighted by Crippen LogP contribution is 2.49. The van der Waals surface area contributed by atoms with Crippen molar-refractivity contribution in [2.75, 3.05) is 32.7 Å². The van der Waals surface area contributed by atoms with E-state index in [1.165, 1.54) is 6.33 Å². The van der Waals surface area contributed by atoms with Gasteiger partial charge in [0.25, 0.3) is 0 Å². The van der Waals surface area contributed by atoms with Crippen LogP contribution in [0.25, 0.3) is 11.2 Å². The lowest BCUT2D eigenvalue weighted by Crippen LogP contribution is -2.49. The van der Waals surface area contributed by atoms with Crippen LogP contribution in [0.1, 0.15) is 66.8 Å². The van der Waals surface area contributed by atoms with Gasteiger partial charge in [0.2, 0.25) is 0 Å². The molecule has 1 aliphatic rings. The van der Waals surface area contributed by atoms with E-state index in [1.807, 2.05) is 170 Å². The van der Waals surface area contributed by atoms with Crippen molar-refractivity contribution in [3.8, 4) is 23.8 Å². The number of terminal acetylenes is 1. The van der Waals surface area contributed by atoms with Gasteiger partial charge in [0, 0.05) is 6.42 Å². The second-order valence-corrected chi connectivity index (χ2v) is 18.6. The number of rotatable bonds is 17. The van der Waals surface area contributed by atoms with Crippen molar-refractivity contribution in [3.05, 3.63) is 216 Å². The van der Waals surface area contributed by atoms with E-state index < -0.39 is 66.0 Å². The summed E-state index contributed by atoms with van der Waals surface area (Å²) < 4.78 is 54.8. The lowest BCUT2D eigenvalue weighted by atomic mass is 9.77. The maximum atomic E-state index is 16.4. The van der Waals surface area contributed by atoms with Gasteiger partial charge in [0.1, 0.15) is 53.7 Å². The lowest BCUT2D eigenvalue weighted by molar-refractivity contribution is -0.164. The Bertz CT molecular complexity index is 3160. The van der Waals surface area contributed by atoms with Gasteiger partial charge in [-0.2, -0.15) is 14.4 Å². The number of alkyl carbamates (subject to hydrolysis) is 1. The van der Waals surface area contributed by atoms with Crippen molar-refractivity contribution in [2.24, 2.45) is 0 Å². The molecule has 0 unspecified atom stereocenters. The number of amides is 1.